The van der Waals surface area contributed by atoms with Crippen molar-refractivity contribution in [3.8, 4) is 22.8 Å². The van der Waals surface area contributed by atoms with Crippen molar-refractivity contribution in [2.45, 2.75) is 25.8 Å². The van der Waals surface area contributed by atoms with Gasteiger partial charge in [-0.3, -0.25) is 9.89 Å². The van der Waals surface area contributed by atoms with Crippen LogP contribution in [0.2, 0.25) is 0 Å². The van der Waals surface area contributed by atoms with E-state index in [0.29, 0.717) is 13.0 Å². The fourth-order valence-corrected chi connectivity index (χ4v) is 3.82. The molecule has 0 unspecified atom stereocenters. The summed E-state index contributed by atoms with van der Waals surface area (Å²) in [5.74, 6) is 1.64. The second kappa shape index (κ2) is 8.39. The first kappa shape index (κ1) is 19.1. The Balaban J connectivity index is 1.44. The molecule has 4 rings (SSSR count). The SMILES string of the molecule is COc1ccc(-c2n[nH]c3c2C[C@H](C(=O)NCc2cccc(OC)c2)CC3)cc1. The highest BCUT2D eigenvalue weighted by atomic mass is 16.5. The number of carbonyl (C=O) groups is 1. The van der Waals surface area contributed by atoms with E-state index in [-0.39, 0.29) is 11.8 Å². The highest BCUT2D eigenvalue weighted by Crippen LogP contribution is 2.32. The third-order valence-electron chi connectivity index (χ3n) is 5.48. The molecule has 0 bridgehead atoms. The lowest BCUT2D eigenvalue weighted by atomic mass is 9.85. The number of rotatable bonds is 6. The molecule has 6 nitrogen and oxygen atoms in total. The summed E-state index contributed by atoms with van der Waals surface area (Å²) >= 11 is 0. The van der Waals surface area contributed by atoms with Crippen LogP contribution in [0.15, 0.2) is 48.5 Å². The van der Waals surface area contributed by atoms with Gasteiger partial charge in [0.1, 0.15) is 11.5 Å². The Morgan fingerprint density at radius 2 is 1.93 bits per heavy atom. The maximum absolute atomic E-state index is 12.8. The Labute approximate surface area is 170 Å². The van der Waals surface area contributed by atoms with Gasteiger partial charge in [0.2, 0.25) is 5.91 Å². The Morgan fingerprint density at radius 3 is 2.69 bits per heavy atom. The molecule has 1 heterocycles. The van der Waals surface area contributed by atoms with Gasteiger partial charge in [-0.05, 0) is 61.2 Å². The van der Waals surface area contributed by atoms with E-state index in [0.717, 1.165) is 52.4 Å². The molecule has 0 fully saturated rings. The zero-order valence-corrected chi connectivity index (χ0v) is 16.7. The standard InChI is InChI=1S/C23H25N3O3/c1-28-18-9-6-16(7-10-18)22-20-13-17(8-11-21(20)25-26-22)23(27)24-14-15-4-3-5-19(12-15)29-2/h3-7,9-10,12,17H,8,11,13-14H2,1-2H3,(H,24,27)(H,25,26)/t17-/m1/s1. The number of H-pyrrole nitrogens is 1. The molecule has 150 valence electrons. The first-order valence-corrected chi connectivity index (χ1v) is 9.79. The fraction of sp³-hybridized carbons (Fsp3) is 0.304. The maximum atomic E-state index is 12.8. The monoisotopic (exact) mass is 391 g/mol. The molecule has 1 aromatic heterocycles. The molecule has 1 atom stereocenters. The normalized spacial score (nSPS) is 15.4. The minimum atomic E-state index is -0.0530. The van der Waals surface area contributed by atoms with E-state index < -0.39 is 0 Å². The number of hydrogen-bond donors (Lipinski definition) is 2. The fourth-order valence-electron chi connectivity index (χ4n) is 3.82. The number of methoxy groups -OCH3 is 2. The van der Waals surface area contributed by atoms with Gasteiger partial charge < -0.3 is 14.8 Å². The number of aromatic nitrogens is 2. The number of carbonyl (C=O) groups excluding carboxylic acids is 1. The van der Waals surface area contributed by atoms with Crippen molar-refractivity contribution in [1.29, 1.82) is 0 Å². The smallest absolute Gasteiger partial charge is 0.223 e. The number of aromatic amines is 1. The average molecular weight is 391 g/mol. The molecule has 0 spiro atoms. The van der Waals surface area contributed by atoms with Gasteiger partial charge in [0, 0.05) is 29.3 Å². The van der Waals surface area contributed by atoms with Crippen LogP contribution < -0.4 is 14.8 Å². The molecule has 1 aliphatic carbocycles. The Hall–Kier alpha value is -3.28. The lowest BCUT2D eigenvalue weighted by Gasteiger charge is -2.22. The summed E-state index contributed by atoms with van der Waals surface area (Å²) in [7, 11) is 3.29. The third-order valence-corrected chi connectivity index (χ3v) is 5.48. The molecule has 1 aliphatic rings. The van der Waals surface area contributed by atoms with E-state index in [1.807, 2.05) is 48.5 Å². The number of benzene rings is 2. The molecule has 2 aromatic carbocycles. The van der Waals surface area contributed by atoms with Gasteiger partial charge in [0.25, 0.3) is 0 Å². The van der Waals surface area contributed by atoms with Gasteiger partial charge in [0.05, 0.1) is 19.9 Å². The summed E-state index contributed by atoms with van der Waals surface area (Å²) in [6.45, 7) is 0.496. The van der Waals surface area contributed by atoms with Crippen molar-refractivity contribution in [3.05, 3.63) is 65.4 Å². The van der Waals surface area contributed by atoms with Crippen molar-refractivity contribution in [1.82, 2.24) is 15.5 Å². The van der Waals surface area contributed by atoms with Crippen molar-refractivity contribution in [2.24, 2.45) is 5.92 Å². The second-order valence-corrected chi connectivity index (χ2v) is 7.27. The summed E-state index contributed by atoms with van der Waals surface area (Å²) in [5.41, 5.74) is 5.25. The first-order chi connectivity index (χ1) is 14.2. The zero-order valence-electron chi connectivity index (χ0n) is 16.7. The topological polar surface area (TPSA) is 76.2 Å². The molecule has 2 N–H and O–H groups in total. The number of nitrogens with zero attached hydrogens (tertiary/aromatic N) is 1. The van der Waals surface area contributed by atoms with Crippen LogP contribution in [0, 0.1) is 5.92 Å². The Morgan fingerprint density at radius 1 is 1.14 bits per heavy atom. The summed E-state index contributed by atoms with van der Waals surface area (Å²) in [4.78, 5) is 12.8. The van der Waals surface area contributed by atoms with E-state index >= 15 is 0 Å². The summed E-state index contributed by atoms with van der Waals surface area (Å²) < 4.78 is 10.5. The molecular weight excluding hydrogens is 366 g/mol. The molecule has 3 aromatic rings. The number of fused-ring (bicyclic) bond motifs is 1. The quantitative estimate of drug-likeness (QED) is 0.674. The minimum Gasteiger partial charge on any atom is -0.497 e. The van der Waals surface area contributed by atoms with Crippen LogP contribution in [0.3, 0.4) is 0 Å². The van der Waals surface area contributed by atoms with Crippen LogP contribution in [0.4, 0.5) is 0 Å². The van der Waals surface area contributed by atoms with E-state index in [1.54, 1.807) is 14.2 Å². The first-order valence-electron chi connectivity index (χ1n) is 9.79. The maximum Gasteiger partial charge on any atom is 0.223 e. The number of ether oxygens (including phenoxy) is 2. The summed E-state index contributed by atoms with van der Waals surface area (Å²) in [6.07, 6.45) is 2.34. The van der Waals surface area contributed by atoms with E-state index in [4.69, 9.17) is 9.47 Å². The summed E-state index contributed by atoms with van der Waals surface area (Å²) in [6, 6.07) is 15.6. The van der Waals surface area contributed by atoms with Crippen molar-refractivity contribution < 1.29 is 14.3 Å². The van der Waals surface area contributed by atoms with Crippen LogP contribution in [0.5, 0.6) is 11.5 Å². The number of nitrogens with one attached hydrogen (secondary N) is 2. The average Bonchev–Trinajstić information content (AvgIpc) is 3.21. The highest BCUT2D eigenvalue weighted by molar-refractivity contribution is 5.80. The number of amides is 1. The van der Waals surface area contributed by atoms with E-state index in [9.17, 15) is 4.79 Å². The predicted molar refractivity (Wildman–Crippen MR) is 111 cm³/mol. The zero-order chi connectivity index (χ0) is 20.2. The van der Waals surface area contributed by atoms with Gasteiger partial charge in [-0.25, -0.2) is 0 Å². The molecule has 6 heteroatoms. The number of hydrogen-bond acceptors (Lipinski definition) is 4. The molecule has 0 saturated heterocycles. The number of aryl methyl sites for hydroxylation is 1. The van der Waals surface area contributed by atoms with Crippen molar-refractivity contribution in [2.75, 3.05) is 14.2 Å². The summed E-state index contributed by atoms with van der Waals surface area (Å²) in [5, 5.41) is 10.8. The van der Waals surface area contributed by atoms with Crippen LogP contribution >= 0.6 is 0 Å². The molecule has 29 heavy (non-hydrogen) atoms. The Bertz CT molecular complexity index is 995. The highest BCUT2D eigenvalue weighted by Gasteiger charge is 2.28. The van der Waals surface area contributed by atoms with E-state index in [2.05, 4.69) is 15.5 Å². The molecule has 1 amide bonds. The second-order valence-electron chi connectivity index (χ2n) is 7.27. The van der Waals surface area contributed by atoms with Gasteiger partial charge in [-0.2, -0.15) is 5.10 Å². The molecule has 0 saturated carbocycles. The minimum absolute atomic E-state index is 0.0530. The molecular formula is C23H25N3O3. The van der Waals surface area contributed by atoms with Gasteiger partial charge in [-0.1, -0.05) is 12.1 Å². The van der Waals surface area contributed by atoms with Crippen molar-refractivity contribution in [3.63, 3.8) is 0 Å². The van der Waals surface area contributed by atoms with Crippen LogP contribution in [0.25, 0.3) is 11.3 Å². The van der Waals surface area contributed by atoms with E-state index in [1.165, 1.54) is 0 Å². The van der Waals surface area contributed by atoms with Gasteiger partial charge in [0.15, 0.2) is 0 Å². The predicted octanol–water partition coefficient (Wildman–Crippen LogP) is 3.52. The van der Waals surface area contributed by atoms with Crippen molar-refractivity contribution >= 4 is 5.91 Å². The van der Waals surface area contributed by atoms with Crippen LogP contribution in [-0.2, 0) is 24.2 Å². The van der Waals surface area contributed by atoms with Gasteiger partial charge >= 0.3 is 0 Å². The lowest BCUT2D eigenvalue weighted by molar-refractivity contribution is -0.125. The van der Waals surface area contributed by atoms with Gasteiger partial charge in [-0.15, -0.1) is 0 Å². The largest absolute Gasteiger partial charge is 0.497 e. The van der Waals surface area contributed by atoms with Crippen LogP contribution in [-0.4, -0.2) is 30.3 Å². The Kier molecular flexibility index (Phi) is 5.51. The van der Waals surface area contributed by atoms with Crippen LogP contribution in [0.1, 0.15) is 23.2 Å². The molecule has 0 aliphatic heterocycles. The lowest BCUT2D eigenvalue weighted by Crippen LogP contribution is -2.33. The third kappa shape index (κ3) is 4.11. The molecule has 0 radical (unpaired) electrons.